The second-order valence-corrected chi connectivity index (χ2v) is 9.30. The molecule has 0 saturated carbocycles. The molecule has 8 heteroatoms. The maximum Gasteiger partial charge on any atom is 0.295 e. The van der Waals surface area contributed by atoms with Crippen molar-refractivity contribution in [2.45, 2.75) is 44.2 Å². The number of fused-ring (bicyclic) bond motifs is 1. The van der Waals surface area contributed by atoms with E-state index in [1.165, 1.54) is 12.1 Å². The molecule has 166 valence electrons. The van der Waals surface area contributed by atoms with E-state index in [1.807, 2.05) is 13.0 Å². The monoisotopic (exact) mass is 430 g/mol. The van der Waals surface area contributed by atoms with Gasteiger partial charge in [0.15, 0.2) is 0 Å². The smallest absolute Gasteiger partial charge is 0.295 e. The topological polar surface area (TPSA) is 70.5 Å². The summed E-state index contributed by atoms with van der Waals surface area (Å²) in [5.74, 6) is -2.47. The van der Waals surface area contributed by atoms with E-state index in [0.29, 0.717) is 11.5 Å². The average molecular weight is 430 g/mol. The van der Waals surface area contributed by atoms with Crippen molar-refractivity contribution in [2.75, 3.05) is 38.2 Å². The van der Waals surface area contributed by atoms with Gasteiger partial charge in [0.05, 0.1) is 13.2 Å². The molecule has 6 nitrogen and oxygen atoms in total. The number of alkyl halides is 2. The Bertz CT molecular complexity index is 958. The Morgan fingerprint density at radius 3 is 2.84 bits per heavy atom. The Hall–Kier alpha value is -2.16. The molecule has 2 aliphatic heterocycles. The van der Waals surface area contributed by atoms with E-state index in [1.54, 1.807) is 12.4 Å². The number of hydrogen-bond acceptors (Lipinski definition) is 6. The molecule has 1 spiro atoms. The quantitative estimate of drug-likeness (QED) is 0.735. The maximum atomic E-state index is 13.9. The molecule has 1 aromatic carbocycles. The fourth-order valence-corrected chi connectivity index (χ4v) is 5.02. The number of benzene rings is 1. The van der Waals surface area contributed by atoms with Crippen LogP contribution in [-0.4, -0.2) is 58.9 Å². The number of hydrogen-bond donors (Lipinski definition) is 2. The predicted molar refractivity (Wildman–Crippen MR) is 112 cm³/mol. The number of nitrogens with zero attached hydrogens (tertiary/aromatic N) is 3. The van der Waals surface area contributed by atoms with Crippen molar-refractivity contribution in [1.82, 2.24) is 14.9 Å². The van der Waals surface area contributed by atoms with Crippen molar-refractivity contribution < 1.29 is 18.6 Å². The van der Waals surface area contributed by atoms with Crippen LogP contribution in [0.3, 0.4) is 0 Å². The SMILES string of the molecule is C[C@@H](Nc1ncnc2c1CC(N1CC3(COC3)C1)CC2)c1cccc(C(F)(F)CO)c1. The van der Waals surface area contributed by atoms with Crippen LogP contribution in [-0.2, 0) is 23.5 Å². The van der Waals surface area contributed by atoms with Crippen molar-refractivity contribution in [3.63, 3.8) is 0 Å². The first-order valence-corrected chi connectivity index (χ1v) is 10.9. The van der Waals surface area contributed by atoms with Gasteiger partial charge in [0.25, 0.3) is 5.92 Å². The van der Waals surface area contributed by atoms with Crippen LogP contribution in [0.4, 0.5) is 14.6 Å². The van der Waals surface area contributed by atoms with Gasteiger partial charge in [-0.2, -0.15) is 8.78 Å². The van der Waals surface area contributed by atoms with E-state index in [4.69, 9.17) is 9.84 Å². The lowest BCUT2D eigenvalue weighted by Crippen LogP contribution is -2.68. The molecular weight excluding hydrogens is 402 g/mol. The lowest BCUT2D eigenvalue weighted by molar-refractivity contribution is -0.199. The third-order valence-electron chi connectivity index (χ3n) is 6.96. The summed E-state index contributed by atoms with van der Waals surface area (Å²) in [4.78, 5) is 11.5. The fraction of sp³-hybridized carbons (Fsp3) is 0.565. The molecule has 0 bridgehead atoms. The minimum atomic E-state index is -3.25. The van der Waals surface area contributed by atoms with Crippen molar-refractivity contribution >= 4 is 5.82 Å². The molecule has 1 aliphatic carbocycles. The fourth-order valence-electron chi connectivity index (χ4n) is 5.02. The largest absolute Gasteiger partial charge is 0.390 e. The normalized spacial score (nSPS) is 23.5. The van der Waals surface area contributed by atoms with Crippen LogP contribution in [0.2, 0.25) is 0 Å². The lowest BCUT2D eigenvalue weighted by atomic mass is 9.75. The van der Waals surface area contributed by atoms with Crippen LogP contribution in [0.25, 0.3) is 0 Å². The highest BCUT2D eigenvalue weighted by atomic mass is 19.3. The second-order valence-electron chi connectivity index (χ2n) is 9.30. The van der Waals surface area contributed by atoms with E-state index in [0.717, 1.165) is 68.2 Å². The van der Waals surface area contributed by atoms with Crippen LogP contribution in [0.1, 0.15) is 41.8 Å². The number of ether oxygens (including phenoxy) is 1. The molecule has 31 heavy (non-hydrogen) atoms. The maximum absolute atomic E-state index is 13.9. The van der Waals surface area contributed by atoms with Crippen molar-refractivity contribution in [2.24, 2.45) is 5.41 Å². The molecule has 2 aromatic rings. The third kappa shape index (κ3) is 3.81. The molecule has 2 fully saturated rings. The molecule has 2 saturated heterocycles. The van der Waals surface area contributed by atoms with Gasteiger partial charge in [-0.25, -0.2) is 9.97 Å². The zero-order valence-electron chi connectivity index (χ0n) is 17.7. The van der Waals surface area contributed by atoms with Gasteiger partial charge in [0, 0.05) is 47.4 Å². The van der Waals surface area contributed by atoms with E-state index in [-0.39, 0.29) is 11.6 Å². The van der Waals surface area contributed by atoms with Gasteiger partial charge in [0.2, 0.25) is 0 Å². The van der Waals surface area contributed by atoms with Crippen LogP contribution in [0.5, 0.6) is 0 Å². The highest BCUT2D eigenvalue weighted by Gasteiger charge is 2.51. The van der Waals surface area contributed by atoms with Gasteiger partial charge in [-0.15, -0.1) is 0 Å². The van der Waals surface area contributed by atoms with Gasteiger partial charge < -0.3 is 15.2 Å². The minimum Gasteiger partial charge on any atom is -0.390 e. The molecular formula is C23H28F2N4O2. The molecule has 2 atom stereocenters. The molecule has 0 amide bonds. The molecule has 3 heterocycles. The average Bonchev–Trinajstić information content (AvgIpc) is 2.72. The lowest BCUT2D eigenvalue weighted by Gasteiger charge is -2.58. The van der Waals surface area contributed by atoms with Crippen LogP contribution in [0, 0.1) is 5.41 Å². The zero-order chi connectivity index (χ0) is 21.6. The van der Waals surface area contributed by atoms with Crippen molar-refractivity contribution in [3.8, 4) is 0 Å². The first-order valence-electron chi connectivity index (χ1n) is 10.9. The molecule has 0 radical (unpaired) electrons. The van der Waals surface area contributed by atoms with Gasteiger partial charge >= 0.3 is 0 Å². The minimum absolute atomic E-state index is 0.183. The third-order valence-corrected chi connectivity index (χ3v) is 6.96. The molecule has 3 aliphatic rings. The first kappa shape index (κ1) is 20.7. The highest BCUT2D eigenvalue weighted by Crippen LogP contribution is 2.41. The Balaban J connectivity index is 1.31. The standard InChI is InChI=1S/C23H28F2N4O2/c1-15(16-3-2-4-17(7-16)23(24,25)11-30)28-21-19-8-18(5-6-20(19)26-14-27-21)29-9-22(10-29)12-31-13-22/h2-4,7,14-15,18,30H,5-6,8-13H2,1H3,(H,26,27,28)/t15-,18?/m1/s1. The summed E-state index contributed by atoms with van der Waals surface area (Å²) in [6.45, 7) is 4.70. The van der Waals surface area contributed by atoms with Gasteiger partial charge in [0.1, 0.15) is 18.8 Å². The predicted octanol–water partition coefficient (Wildman–Crippen LogP) is 2.92. The van der Waals surface area contributed by atoms with Crippen molar-refractivity contribution in [3.05, 3.63) is 53.0 Å². The summed E-state index contributed by atoms with van der Waals surface area (Å²) in [6.07, 6.45) is 4.48. The summed E-state index contributed by atoms with van der Waals surface area (Å²) in [5.41, 5.74) is 3.14. The number of rotatable bonds is 6. The first-order chi connectivity index (χ1) is 14.9. The van der Waals surface area contributed by atoms with Crippen LogP contribution in [0.15, 0.2) is 30.6 Å². The Morgan fingerprint density at radius 1 is 1.32 bits per heavy atom. The van der Waals surface area contributed by atoms with E-state index in [2.05, 4.69) is 20.2 Å². The number of aliphatic hydroxyl groups excluding tert-OH is 1. The summed E-state index contributed by atoms with van der Waals surface area (Å²) in [7, 11) is 0. The Morgan fingerprint density at radius 2 is 2.13 bits per heavy atom. The summed E-state index contributed by atoms with van der Waals surface area (Å²) < 4.78 is 33.2. The summed E-state index contributed by atoms with van der Waals surface area (Å²) in [6, 6.07) is 6.47. The Kier molecular flexibility index (Phi) is 5.19. The molecule has 1 aromatic heterocycles. The van der Waals surface area contributed by atoms with Gasteiger partial charge in [-0.1, -0.05) is 18.2 Å². The Labute approximate surface area is 180 Å². The number of aryl methyl sites for hydroxylation is 1. The number of aromatic nitrogens is 2. The number of aliphatic hydroxyl groups is 1. The second kappa shape index (κ2) is 7.76. The highest BCUT2D eigenvalue weighted by molar-refractivity contribution is 5.49. The zero-order valence-corrected chi connectivity index (χ0v) is 17.7. The molecule has 1 unspecified atom stereocenters. The summed E-state index contributed by atoms with van der Waals surface area (Å²) >= 11 is 0. The number of halogens is 2. The van der Waals surface area contributed by atoms with Crippen molar-refractivity contribution in [1.29, 1.82) is 0 Å². The number of likely N-dealkylation sites (tertiary alicyclic amines) is 1. The van der Waals surface area contributed by atoms with E-state index in [9.17, 15) is 8.78 Å². The summed E-state index contributed by atoms with van der Waals surface area (Å²) in [5, 5.41) is 12.4. The van der Waals surface area contributed by atoms with E-state index < -0.39 is 12.5 Å². The van der Waals surface area contributed by atoms with E-state index >= 15 is 0 Å². The van der Waals surface area contributed by atoms with Gasteiger partial charge in [-0.05, 0) is 37.8 Å². The van der Waals surface area contributed by atoms with Crippen LogP contribution < -0.4 is 5.32 Å². The molecule has 2 N–H and O–H groups in total. The number of anilines is 1. The van der Waals surface area contributed by atoms with Crippen LogP contribution >= 0.6 is 0 Å². The van der Waals surface area contributed by atoms with Gasteiger partial charge in [-0.3, -0.25) is 4.90 Å². The molecule has 5 rings (SSSR count). The number of nitrogens with one attached hydrogen (secondary N) is 1.